The summed E-state index contributed by atoms with van der Waals surface area (Å²) in [7, 11) is 0. The average Bonchev–Trinajstić information content (AvgIpc) is 2.41. The average molecular weight is 319 g/mol. The highest BCUT2D eigenvalue weighted by atomic mass is 32.2. The van der Waals surface area contributed by atoms with Gasteiger partial charge in [-0.1, -0.05) is 23.8 Å². The number of nitrogens with one attached hydrogen (secondary N) is 1. The molecule has 1 aliphatic rings. The third kappa shape index (κ3) is 4.37. The van der Waals surface area contributed by atoms with E-state index in [0.717, 1.165) is 10.6 Å². The summed E-state index contributed by atoms with van der Waals surface area (Å²) in [4.78, 5) is 24.1. The summed E-state index contributed by atoms with van der Waals surface area (Å²) in [6.07, 6.45) is 3.17. The van der Waals surface area contributed by atoms with Gasteiger partial charge in [0.05, 0.1) is 11.5 Å². The number of rotatable bonds is 6. The number of carbonyl (C=O) groups excluding carboxylic acids is 1. The lowest BCUT2D eigenvalue weighted by molar-refractivity contribution is -0.145. The van der Waals surface area contributed by atoms with Gasteiger partial charge in [0.15, 0.2) is 0 Å². The number of carbonyl (C=O) groups is 2. The normalized spacial score (nSPS) is 19.9. The Morgan fingerprint density at radius 3 is 2.64 bits per heavy atom. The van der Waals surface area contributed by atoms with Crippen molar-refractivity contribution in [3.05, 3.63) is 41.5 Å². The Hall–Kier alpha value is -1.75. The van der Waals surface area contributed by atoms with E-state index >= 15 is 0 Å². The number of amides is 1. The molecule has 2 N–H and O–H groups in total. The molecule has 22 heavy (non-hydrogen) atoms. The number of aliphatic carboxylic acids is 1. The van der Waals surface area contributed by atoms with Gasteiger partial charge < -0.3 is 10.4 Å². The van der Waals surface area contributed by atoms with E-state index in [4.69, 9.17) is 5.11 Å². The molecule has 1 aromatic carbocycles. The molecule has 1 fully saturated rings. The van der Waals surface area contributed by atoms with Crippen LogP contribution in [0.15, 0.2) is 40.8 Å². The Morgan fingerprint density at radius 2 is 2.00 bits per heavy atom. The van der Waals surface area contributed by atoms with Crippen LogP contribution in [0, 0.1) is 5.92 Å². The summed E-state index contributed by atoms with van der Waals surface area (Å²) in [5, 5.41) is 11.8. The Morgan fingerprint density at radius 1 is 1.32 bits per heavy atom. The lowest BCUT2D eigenvalue weighted by Crippen LogP contribution is -2.46. The maximum absolute atomic E-state index is 12.4. The molecule has 5 heteroatoms. The van der Waals surface area contributed by atoms with Gasteiger partial charge in [-0.3, -0.25) is 9.59 Å². The van der Waals surface area contributed by atoms with E-state index in [-0.39, 0.29) is 17.9 Å². The van der Waals surface area contributed by atoms with Crippen LogP contribution in [0.4, 0.5) is 0 Å². The van der Waals surface area contributed by atoms with E-state index in [9.17, 15) is 9.59 Å². The third-order valence-electron chi connectivity index (χ3n) is 3.68. The van der Waals surface area contributed by atoms with Gasteiger partial charge in [0.2, 0.25) is 0 Å². The zero-order valence-electron chi connectivity index (χ0n) is 12.8. The first kappa shape index (κ1) is 16.6. The lowest BCUT2D eigenvalue weighted by Gasteiger charge is -2.33. The Bertz CT molecular complexity index is 587. The van der Waals surface area contributed by atoms with Crippen molar-refractivity contribution in [3.63, 3.8) is 0 Å². The maximum atomic E-state index is 12.4. The quantitative estimate of drug-likeness (QED) is 0.623. The largest absolute Gasteiger partial charge is 0.481 e. The van der Waals surface area contributed by atoms with Gasteiger partial charge in [-0.05, 0) is 38.8 Å². The number of hydrogen-bond acceptors (Lipinski definition) is 3. The van der Waals surface area contributed by atoms with Crippen molar-refractivity contribution >= 4 is 23.6 Å². The van der Waals surface area contributed by atoms with Crippen molar-refractivity contribution in [2.75, 3.05) is 5.75 Å². The van der Waals surface area contributed by atoms with Crippen molar-refractivity contribution in [1.29, 1.82) is 0 Å². The van der Waals surface area contributed by atoms with E-state index in [0.29, 0.717) is 18.4 Å². The highest BCUT2D eigenvalue weighted by Crippen LogP contribution is 2.29. The fraction of sp³-hybridized carbons (Fsp3) is 0.412. The van der Waals surface area contributed by atoms with E-state index in [2.05, 4.69) is 25.2 Å². The fourth-order valence-electron chi connectivity index (χ4n) is 2.28. The van der Waals surface area contributed by atoms with E-state index < -0.39 is 5.97 Å². The van der Waals surface area contributed by atoms with Crippen molar-refractivity contribution in [2.45, 2.75) is 37.6 Å². The smallest absolute Gasteiger partial charge is 0.306 e. The molecule has 118 valence electrons. The molecule has 0 aromatic heterocycles. The minimum Gasteiger partial charge on any atom is -0.481 e. The highest BCUT2D eigenvalue weighted by Gasteiger charge is 2.35. The minimum atomic E-state index is -0.775. The molecular weight excluding hydrogens is 298 g/mol. The molecule has 0 saturated heterocycles. The zero-order chi connectivity index (χ0) is 16.1. The molecule has 0 radical (unpaired) electrons. The SMILES string of the molecule is CC(C)=CCSc1ccccc1C(=O)NC1CC(C(=O)O)C1. The number of allylic oxidation sites excluding steroid dienone is 1. The van der Waals surface area contributed by atoms with Gasteiger partial charge in [0.1, 0.15) is 0 Å². The molecular formula is C17H21NO3S. The maximum Gasteiger partial charge on any atom is 0.306 e. The summed E-state index contributed by atoms with van der Waals surface area (Å²) in [5.74, 6) is -0.373. The topological polar surface area (TPSA) is 66.4 Å². The van der Waals surface area contributed by atoms with Gasteiger partial charge in [-0.15, -0.1) is 11.8 Å². The predicted octanol–water partition coefficient (Wildman–Crippen LogP) is 3.34. The van der Waals surface area contributed by atoms with Crippen molar-refractivity contribution in [1.82, 2.24) is 5.32 Å². The second kappa shape index (κ2) is 7.49. The van der Waals surface area contributed by atoms with Crippen molar-refractivity contribution in [3.8, 4) is 0 Å². The molecule has 1 aliphatic carbocycles. The van der Waals surface area contributed by atoms with Crippen LogP contribution < -0.4 is 5.32 Å². The van der Waals surface area contributed by atoms with Crippen LogP contribution in [0.3, 0.4) is 0 Å². The first-order valence-corrected chi connectivity index (χ1v) is 8.34. The van der Waals surface area contributed by atoms with Crippen LogP contribution >= 0.6 is 11.8 Å². The summed E-state index contributed by atoms with van der Waals surface area (Å²) in [6, 6.07) is 7.50. The Kier molecular flexibility index (Phi) is 5.66. The van der Waals surface area contributed by atoms with Gasteiger partial charge in [0.25, 0.3) is 5.91 Å². The van der Waals surface area contributed by atoms with Crippen LogP contribution in [-0.4, -0.2) is 28.8 Å². The van der Waals surface area contributed by atoms with Crippen LogP contribution in [0.25, 0.3) is 0 Å². The Labute approximate surface area is 135 Å². The van der Waals surface area contributed by atoms with E-state index in [1.165, 1.54) is 5.57 Å². The predicted molar refractivity (Wildman–Crippen MR) is 88.2 cm³/mol. The highest BCUT2D eigenvalue weighted by molar-refractivity contribution is 7.99. The third-order valence-corrected chi connectivity index (χ3v) is 4.68. The first-order valence-electron chi connectivity index (χ1n) is 7.36. The zero-order valence-corrected chi connectivity index (χ0v) is 13.7. The summed E-state index contributed by atoms with van der Waals surface area (Å²) < 4.78 is 0. The number of carboxylic acid groups (broad SMARTS) is 1. The van der Waals surface area contributed by atoms with Crippen LogP contribution in [-0.2, 0) is 4.79 Å². The van der Waals surface area contributed by atoms with E-state index in [1.54, 1.807) is 11.8 Å². The molecule has 1 saturated carbocycles. The first-order chi connectivity index (χ1) is 10.5. The molecule has 0 heterocycles. The fourth-order valence-corrected chi connectivity index (χ4v) is 3.37. The molecule has 1 aromatic rings. The van der Waals surface area contributed by atoms with Gasteiger partial charge in [-0.25, -0.2) is 0 Å². The van der Waals surface area contributed by atoms with Crippen LogP contribution in [0.5, 0.6) is 0 Å². The standard InChI is InChI=1S/C17H21NO3S/c1-11(2)7-8-22-15-6-4-3-5-14(15)16(19)18-13-9-12(10-13)17(20)21/h3-7,12-13H,8-10H2,1-2H3,(H,18,19)(H,20,21). The molecule has 1 amide bonds. The molecule has 0 aliphatic heterocycles. The number of carboxylic acids is 1. The second-order valence-electron chi connectivity index (χ2n) is 5.77. The van der Waals surface area contributed by atoms with Gasteiger partial charge in [-0.2, -0.15) is 0 Å². The molecule has 0 atom stereocenters. The summed E-state index contributed by atoms with van der Waals surface area (Å²) in [5.41, 5.74) is 1.91. The van der Waals surface area contributed by atoms with Crippen molar-refractivity contribution < 1.29 is 14.7 Å². The number of hydrogen-bond donors (Lipinski definition) is 2. The van der Waals surface area contributed by atoms with Crippen molar-refractivity contribution in [2.24, 2.45) is 5.92 Å². The molecule has 0 spiro atoms. The van der Waals surface area contributed by atoms with E-state index in [1.807, 2.05) is 24.3 Å². The van der Waals surface area contributed by atoms with Crippen LogP contribution in [0.1, 0.15) is 37.0 Å². The van der Waals surface area contributed by atoms with Gasteiger partial charge >= 0.3 is 5.97 Å². The molecule has 4 nitrogen and oxygen atoms in total. The molecule has 0 bridgehead atoms. The molecule has 2 rings (SSSR count). The van der Waals surface area contributed by atoms with Gasteiger partial charge in [0, 0.05) is 16.7 Å². The second-order valence-corrected chi connectivity index (χ2v) is 6.83. The number of thioether (sulfide) groups is 1. The Balaban J connectivity index is 1.95. The summed E-state index contributed by atoms with van der Waals surface area (Å²) >= 11 is 1.63. The monoisotopic (exact) mass is 319 g/mol. The minimum absolute atomic E-state index is 0.0237. The van der Waals surface area contributed by atoms with Crippen LogP contribution in [0.2, 0.25) is 0 Å². The lowest BCUT2D eigenvalue weighted by atomic mass is 9.80. The number of benzene rings is 1. The summed E-state index contributed by atoms with van der Waals surface area (Å²) in [6.45, 7) is 4.10. The molecule has 0 unspecified atom stereocenters.